The van der Waals surface area contributed by atoms with Gasteiger partial charge < -0.3 is 5.32 Å². The first-order chi connectivity index (χ1) is 10.0. The molecule has 0 heterocycles. The number of benzene rings is 1. The number of nitrogens with one attached hydrogen (secondary N) is 2. The molecule has 5 heteroatoms. The lowest BCUT2D eigenvalue weighted by atomic mass is 10.00. The van der Waals surface area contributed by atoms with E-state index >= 15 is 0 Å². The van der Waals surface area contributed by atoms with Crippen molar-refractivity contribution in [2.24, 2.45) is 5.92 Å². The van der Waals surface area contributed by atoms with Crippen LogP contribution in [0.25, 0.3) is 0 Å². The van der Waals surface area contributed by atoms with Gasteiger partial charge in [-0.2, -0.15) is 0 Å². The molecule has 0 aliphatic heterocycles. The quantitative estimate of drug-likeness (QED) is 0.698. The Hall–Kier alpha value is -0.910. The Morgan fingerprint density at radius 2 is 1.81 bits per heavy atom. The topological polar surface area (TPSA) is 58.2 Å². The molecule has 120 valence electrons. The minimum atomic E-state index is -3.39. The highest BCUT2D eigenvalue weighted by Gasteiger charge is 2.16. The summed E-state index contributed by atoms with van der Waals surface area (Å²) in [7, 11) is -1.52. The van der Waals surface area contributed by atoms with Crippen molar-refractivity contribution < 1.29 is 8.42 Å². The Kier molecular flexibility index (Phi) is 7.93. The van der Waals surface area contributed by atoms with Crippen LogP contribution >= 0.6 is 0 Å². The molecule has 1 aromatic rings. The second kappa shape index (κ2) is 9.18. The van der Waals surface area contributed by atoms with Crippen molar-refractivity contribution in [1.82, 2.24) is 10.0 Å². The Morgan fingerprint density at radius 3 is 2.33 bits per heavy atom. The number of unbranched alkanes of at least 4 members (excludes halogenated alkanes) is 1. The first kappa shape index (κ1) is 18.1. The summed E-state index contributed by atoms with van der Waals surface area (Å²) in [5, 5.41) is 3.04. The van der Waals surface area contributed by atoms with E-state index in [1.165, 1.54) is 0 Å². The molecule has 0 saturated heterocycles. The molecule has 0 saturated carbocycles. The highest BCUT2D eigenvalue weighted by atomic mass is 32.2. The molecular weight excluding hydrogens is 284 g/mol. The van der Waals surface area contributed by atoms with E-state index in [9.17, 15) is 8.42 Å². The Balaban J connectivity index is 2.63. The third-order valence-corrected chi connectivity index (χ3v) is 5.16. The standard InChI is InChI=1S/C16H28N2O2S/c1-4-6-7-14(5-2)13-18-21(19,20)16-10-8-15(9-11-16)12-17-3/h8-11,14,17-18H,4-7,12-13H2,1-3H3. The lowest BCUT2D eigenvalue weighted by Gasteiger charge is -2.15. The van der Waals surface area contributed by atoms with Gasteiger partial charge in [-0.1, -0.05) is 45.2 Å². The summed E-state index contributed by atoms with van der Waals surface area (Å²) in [6.45, 7) is 5.53. The molecule has 0 aliphatic carbocycles. The second-order valence-electron chi connectivity index (χ2n) is 5.44. The molecule has 2 N–H and O–H groups in total. The summed E-state index contributed by atoms with van der Waals surface area (Å²) in [5.41, 5.74) is 1.07. The van der Waals surface area contributed by atoms with Crippen molar-refractivity contribution in [3.8, 4) is 0 Å². The van der Waals surface area contributed by atoms with E-state index in [0.717, 1.165) is 37.8 Å². The van der Waals surface area contributed by atoms with E-state index in [-0.39, 0.29) is 0 Å². The molecule has 1 unspecified atom stereocenters. The molecule has 1 rings (SSSR count). The lowest BCUT2D eigenvalue weighted by molar-refractivity contribution is 0.443. The van der Waals surface area contributed by atoms with Crippen LogP contribution in [0.3, 0.4) is 0 Å². The summed E-state index contributed by atoms with van der Waals surface area (Å²) in [6, 6.07) is 7.03. The van der Waals surface area contributed by atoms with Crippen LogP contribution in [0.1, 0.15) is 45.1 Å². The van der Waals surface area contributed by atoms with E-state index in [0.29, 0.717) is 17.4 Å². The Bertz CT molecular complexity index is 498. The van der Waals surface area contributed by atoms with Crippen LogP contribution in [0, 0.1) is 5.92 Å². The third-order valence-electron chi connectivity index (χ3n) is 3.72. The predicted molar refractivity (Wildman–Crippen MR) is 87.7 cm³/mol. The number of hydrogen-bond acceptors (Lipinski definition) is 3. The van der Waals surface area contributed by atoms with Crippen LogP contribution < -0.4 is 10.0 Å². The van der Waals surface area contributed by atoms with Crippen molar-refractivity contribution in [2.75, 3.05) is 13.6 Å². The van der Waals surface area contributed by atoms with Crippen molar-refractivity contribution in [2.45, 2.75) is 51.0 Å². The van der Waals surface area contributed by atoms with Crippen LogP contribution in [0.5, 0.6) is 0 Å². The van der Waals surface area contributed by atoms with Crippen LogP contribution in [-0.2, 0) is 16.6 Å². The first-order valence-electron chi connectivity index (χ1n) is 7.76. The zero-order valence-electron chi connectivity index (χ0n) is 13.4. The monoisotopic (exact) mass is 312 g/mol. The van der Waals surface area contributed by atoms with Gasteiger partial charge in [0.1, 0.15) is 0 Å². The maximum Gasteiger partial charge on any atom is 0.240 e. The Morgan fingerprint density at radius 1 is 1.14 bits per heavy atom. The molecule has 0 fully saturated rings. The Labute approximate surface area is 129 Å². The van der Waals surface area contributed by atoms with Gasteiger partial charge in [-0.15, -0.1) is 0 Å². The lowest BCUT2D eigenvalue weighted by Crippen LogP contribution is -2.29. The number of rotatable bonds is 10. The zero-order valence-corrected chi connectivity index (χ0v) is 14.2. The predicted octanol–water partition coefficient (Wildman–Crippen LogP) is 2.90. The maximum atomic E-state index is 12.3. The molecule has 1 aromatic carbocycles. The van der Waals surface area contributed by atoms with Crippen molar-refractivity contribution in [3.63, 3.8) is 0 Å². The van der Waals surface area contributed by atoms with Crippen LogP contribution in [-0.4, -0.2) is 22.0 Å². The van der Waals surface area contributed by atoms with Gasteiger partial charge in [-0.05, 0) is 37.1 Å². The average Bonchev–Trinajstić information content (AvgIpc) is 2.48. The molecule has 0 spiro atoms. The number of hydrogen-bond donors (Lipinski definition) is 2. The molecular formula is C16H28N2O2S. The van der Waals surface area contributed by atoms with Crippen LogP contribution in [0.15, 0.2) is 29.2 Å². The van der Waals surface area contributed by atoms with Gasteiger partial charge >= 0.3 is 0 Å². The number of sulfonamides is 1. The van der Waals surface area contributed by atoms with Gasteiger partial charge in [0.05, 0.1) is 4.90 Å². The maximum absolute atomic E-state index is 12.3. The van der Waals surface area contributed by atoms with Gasteiger partial charge in [-0.3, -0.25) is 0 Å². The molecule has 0 aromatic heterocycles. The minimum absolute atomic E-state index is 0.340. The van der Waals surface area contributed by atoms with E-state index < -0.39 is 10.0 Å². The van der Waals surface area contributed by atoms with E-state index in [1.807, 2.05) is 19.2 Å². The SMILES string of the molecule is CCCCC(CC)CNS(=O)(=O)c1ccc(CNC)cc1. The van der Waals surface area contributed by atoms with Gasteiger partial charge in [0, 0.05) is 13.1 Å². The molecule has 0 amide bonds. The van der Waals surface area contributed by atoms with Crippen LogP contribution in [0.2, 0.25) is 0 Å². The summed E-state index contributed by atoms with van der Waals surface area (Å²) in [6.07, 6.45) is 4.38. The summed E-state index contributed by atoms with van der Waals surface area (Å²) in [4.78, 5) is 0.340. The van der Waals surface area contributed by atoms with Gasteiger partial charge in [0.25, 0.3) is 0 Å². The fraction of sp³-hybridized carbons (Fsp3) is 0.625. The first-order valence-corrected chi connectivity index (χ1v) is 9.25. The van der Waals surface area contributed by atoms with Gasteiger partial charge in [0.2, 0.25) is 10.0 Å². The van der Waals surface area contributed by atoms with Crippen molar-refractivity contribution in [3.05, 3.63) is 29.8 Å². The minimum Gasteiger partial charge on any atom is -0.316 e. The molecule has 21 heavy (non-hydrogen) atoms. The average molecular weight is 312 g/mol. The smallest absolute Gasteiger partial charge is 0.240 e. The third kappa shape index (κ3) is 6.16. The molecule has 0 bridgehead atoms. The molecule has 4 nitrogen and oxygen atoms in total. The molecule has 0 radical (unpaired) electrons. The highest BCUT2D eigenvalue weighted by molar-refractivity contribution is 7.89. The summed E-state index contributed by atoms with van der Waals surface area (Å²) >= 11 is 0. The van der Waals surface area contributed by atoms with Crippen LogP contribution in [0.4, 0.5) is 0 Å². The normalized spacial score (nSPS) is 13.3. The molecule has 1 atom stereocenters. The molecule has 0 aliphatic rings. The van der Waals surface area contributed by atoms with Crippen molar-refractivity contribution in [1.29, 1.82) is 0 Å². The fourth-order valence-electron chi connectivity index (χ4n) is 2.24. The van der Waals surface area contributed by atoms with Gasteiger partial charge in [-0.25, -0.2) is 13.1 Å². The van der Waals surface area contributed by atoms with Gasteiger partial charge in [0.15, 0.2) is 0 Å². The summed E-state index contributed by atoms with van der Waals surface area (Å²) in [5.74, 6) is 0.420. The van der Waals surface area contributed by atoms with E-state index in [4.69, 9.17) is 0 Å². The van der Waals surface area contributed by atoms with Crippen molar-refractivity contribution >= 4 is 10.0 Å². The summed E-state index contributed by atoms with van der Waals surface area (Å²) < 4.78 is 27.3. The fourth-order valence-corrected chi connectivity index (χ4v) is 3.36. The largest absolute Gasteiger partial charge is 0.316 e. The second-order valence-corrected chi connectivity index (χ2v) is 7.21. The van der Waals surface area contributed by atoms with E-state index in [2.05, 4.69) is 23.9 Å². The zero-order chi connectivity index (χ0) is 15.7. The van der Waals surface area contributed by atoms with E-state index in [1.54, 1.807) is 12.1 Å². The highest BCUT2D eigenvalue weighted by Crippen LogP contribution is 2.14.